The maximum atomic E-state index is 5.38. The molecule has 6 heteroatoms. The Bertz CT molecular complexity index is 889. The molecule has 0 radical (unpaired) electrons. The molecule has 1 fully saturated rings. The number of anilines is 1. The minimum atomic E-state index is -0.923. The Morgan fingerprint density at radius 3 is 2.71 bits per heavy atom. The van der Waals surface area contributed by atoms with Crippen molar-refractivity contribution in [2.75, 3.05) is 21.3 Å². The van der Waals surface area contributed by atoms with Crippen molar-refractivity contribution in [3.63, 3.8) is 0 Å². The van der Waals surface area contributed by atoms with Crippen molar-refractivity contribution in [3.05, 3.63) is 33.2 Å². The van der Waals surface area contributed by atoms with E-state index in [2.05, 4.69) is 36.7 Å². The van der Waals surface area contributed by atoms with Gasteiger partial charge in [0.2, 0.25) is 0 Å². The molecule has 2 aromatic heterocycles. The van der Waals surface area contributed by atoms with Crippen LogP contribution in [0.1, 0.15) is 13.8 Å². The summed E-state index contributed by atoms with van der Waals surface area (Å²) < 4.78 is 9.77. The predicted octanol–water partition coefficient (Wildman–Crippen LogP) is 4.88. The van der Waals surface area contributed by atoms with Crippen molar-refractivity contribution in [1.82, 2.24) is 9.97 Å². The summed E-state index contributed by atoms with van der Waals surface area (Å²) in [6.07, 6.45) is 0. The number of aromatic nitrogens is 2. The number of thiazole rings is 1. The first-order valence-corrected chi connectivity index (χ1v) is 13.0. The van der Waals surface area contributed by atoms with Crippen LogP contribution in [0.25, 0.3) is 22.3 Å². The van der Waals surface area contributed by atoms with Crippen LogP contribution in [0.4, 0.5) is 5.13 Å². The van der Waals surface area contributed by atoms with Crippen LogP contribution < -0.4 is 10.1 Å². The molecule has 0 saturated carbocycles. The zero-order valence-corrected chi connectivity index (χ0v) is 16.9. The Hall–Kier alpha value is -1.41. The first kappa shape index (κ1) is 16.1. The summed E-state index contributed by atoms with van der Waals surface area (Å²) >= 11 is 0.719. The Kier molecular flexibility index (Phi) is 4.34. The predicted molar refractivity (Wildman–Crippen MR) is 111 cm³/mol. The van der Waals surface area contributed by atoms with Crippen LogP contribution in [0.15, 0.2) is 29.6 Å². The molecule has 126 valence electrons. The van der Waals surface area contributed by atoms with Gasteiger partial charge in [0.25, 0.3) is 0 Å². The molecule has 0 amide bonds. The summed E-state index contributed by atoms with van der Waals surface area (Å²) in [7, 11) is 1.70. The van der Waals surface area contributed by atoms with Crippen molar-refractivity contribution >= 4 is 47.2 Å². The summed E-state index contributed by atoms with van der Waals surface area (Å²) in [5, 5.41) is 7.73. The summed E-state index contributed by atoms with van der Waals surface area (Å²) in [4.78, 5) is 9.60. The SMILES string of the molecule is COc1ccc2c(I3CC3)cc(-c3csc(NC(C)C)n3)nc2c1. The quantitative estimate of drug-likeness (QED) is 0.442. The second kappa shape index (κ2) is 6.48. The van der Waals surface area contributed by atoms with Crippen LogP contribution >= 0.6 is 31.2 Å². The Morgan fingerprint density at radius 1 is 1.17 bits per heavy atom. The summed E-state index contributed by atoms with van der Waals surface area (Å²) in [5.41, 5.74) is 2.98. The number of ether oxygens (including phenoxy) is 1. The van der Waals surface area contributed by atoms with Gasteiger partial charge in [-0.15, -0.1) is 0 Å². The molecule has 0 aliphatic carbocycles. The average Bonchev–Trinajstić information content (AvgIpc) is 3.32. The van der Waals surface area contributed by atoms with E-state index < -0.39 is 19.8 Å². The second-order valence-electron chi connectivity index (χ2n) is 6.04. The van der Waals surface area contributed by atoms with E-state index in [-0.39, 0.29) is 0 Å². The Morgan fingerprint density at radius 2 is 2.00 bits per heavy atom. The average molecular weight is 453 g/mol. The number of hydrogen-bond donors (Lipinski definition) is 1. The third-order valence-corrected chi connectivity index (χ3v) is 9.28. The first-order chi connectivity index (χ1) is 11.6. The Balaban J connectivity index is 1.81. The van der Waals surface area contributed by atoms with Crippen LogP contribution in [-0.2, 0) is 0 Å². The molecule has 1 aliphatic rings. The number of pyridine rings is 1. The number of nitrogens with one attached hydrogen (secondary N) is 1. The van der Waals surface area contributed by atoms with Gasteiger partial charge in [0.1, 0.15) is 0 Å². The number of nitrogens with zero attached hydrogens (tertiary/aromatic N) is 2. The van der Waals surface area contributed by atoms with Crippen molar-refractivity contribution in [2.24, 2.45) is 0 Å². The van der Waals surface area contributed by atoms with E-state index in [1.54, 1.807) is 22.0 Å². The van der Waals surface area contributed by atoms with E-state index in [4.69, 9.17) is 14.7 Å². The second-order valence-corrected chi connectivity index (χ2v) is 12.8. The van der Waals surface area contributed by atoms with E-state index in [1.807, 2.05) is 12.1 Å². The minimum absolute atomic E-state index is 0.383. The molecule has 0 unspecified atom stereocenters. The summed E-state index contributed by atoms with van der Waals surface area (Å²) in [6.45, 7) is 4.25. The number of fused-ring (bicyclic) bond motifs is 1. The molecule has 24 heavy (non-hydrogen) atoms. The number of alkyl halides is 2. The number of methoxy groups -OCH3 is 1. The molecule has 4 rings (SSSR count). The van der Waals surface area contributed by atoms with Gasteiger partial charge in [-0.1, -0.05) is 0 Å². The van der Waals surface area contributed by atoms with Gasteiger partial charge in [-0.2, -0.15) is 0 Å². The van der Waals surface area contributed by atoms with Gasteiger partial charge in [0.05, 0.1) is 0 Å². The van der Waals surface area contributed by atoms with Crippen molar-refractivity contribution in [2.45, 2.75) is 19.9 Å². The van der Waals surface area contributed by atoms with Crippen molar-refractivity contribution in [1.29, 1.82) is 0 Å². The van der Waals surface area contributed by atoms with Crippen LogP contribution in [0.3, 0.4) is 0 Å². The van der Waals surface area contributed by atoms with Gasteiger partial charge >= 0.3 is 153 Å². The van der Waals surface area contributed by atoms with Crippen LogP contribution in [0.5, 0.6) is 5.75 Å². The summed E-state index contributed by atoms with van der Waals surface area (Å²) in [6, 6.07) is 8.93. The number of hydrogen-bond acceptors (Lipinski definition) is 5. The van der Waals surface area contributed by atoms with Crippen LogP contribution in [-0.4, -0.2) is 32.0 Å². The molecule has 0 spiro atoms. The molecule has 3 aromatic rings. The van der Waals surface area contributed by atoms with Crippen molar-refractivity contribution in [3.8, 4) is 17.1 Å². The van der Waals surface area contributed by atoms with Gasteiger partial charge in [-0.25, -0.2) is 0 Å². The number of rotatable bonds is 5. The van der Waals surface area contributed by atoms with Gasteiger partial charge in [-0.3, -0.25) is 0 Å². The molecule has 1 N–H and O–H groups in total. The molecular formula is C18H20IN3OS. The fraction of sp³-hybridized carbons (Fsp3) is 0.333. The van der Waals surface area contributed by atoms with E-state index >= 15 is 0 Å². The zero-order chi connectivity index (χ0) is 16.7. The molecule has 1 aliphatic heterocycles. The van der Waals surface area contributed by atoms with E-state index in [0.29, 0.717) is 6.04 Å². The molecule has 1 aromatic carbocycles. The fourth-order valence-electron chi connectivity index (χ4n) is 2.59. The van der Waals surface area contributed by atoms with Crippen LogP contribution in [0, 0.1) is 3.57 Å². The normalized spacial score (nSPS) is 15.1. The molecular weight excluding hydrogens is 433 g/mol. The van der Waals surface area contributed by atoms with Crippen molar-refractivity contribution < 1.29 is 4.74 Å². The monoisotopic (exact) mass is 453 g/mol. The molecule has 4 nitrogen and oxygen atoms in total. The maximum absolute atomic E-state index is 5.38. The Labute approximate surface area is 153 Å². The van der Waals surface area contributed by atoms with Gasteiger partial charge in [-0.05, 0) is 0 Å². The van der Waals surface area contributed by atoms with E-state index in [9.17, 15) is 0 Å². The number of benzene rings is 1. The van der Waals surface area contributed by atoms with Gasteiger partial charge in [0, 0.05) is 0 Å². The molecule has 0 atom stereocenters. The van der Waals surface area contributed by atoms with Crippen LogP contribution in [0.2, 0.25) is 0 Å². The molecule has 3 heterocycles. The standard InChI is InChI=1S/C18H20IN3OS/c1-11(2)20-18-22-17(10-24-18)16-9-14(19-6-7-19)13-5-4-12(23-3)8-15(13)21-16/h4-5,8-11H,6-7H2,1-3H3,(H,20,22). The topological polar surface area (TPSA) is 47.0 Å². The van der Waals surface area contributed by atoms with E-state index in [1.165, 1.54) is 14.2 Å². The molecule has 1 saturated heterocycles. The fourth-order valence-corrected chi connectivity index (χ4v) is 8.19. The zero-order valence-electron chi connectivity index (χ0n) is 14.0. The third-order valence-electron chi connectivity index (χ3n) is 3.81. The number of halogens is 1. The van der Waals surface area contributed by atoms with Gasteiger partial charge in [0.15, 0.2) is 0 Å². The first-order valence-electron chi connectivity index (χ1n) is 7.97. The summed E-state index contributed by atoms with van der Waals surface area (Å²) in [5.74, 6) is 0.859. The molecule has 0 bridgehead atoms. The third kappa shape index (κ3) is 3.21. The van der Waals surface area contributed by atoms with Gasteiger partial charge < -0.3 is 0 Å². The van der Waals surface area contributed by atoms with E-state index in [0.717, 1.165) is 27.8 Å².